The summed E-state index contributed by atoms with van der Waals surface area (Å²) in [6.45, 7) is 5.43. The average molecular weight is 276 g/mol. The molecule has 1 N–H and O–H groups in total. The molecule has 0 bridgehead atoms. The summed E-state index contributed by atoms with van der Waals surface area (Å²) in [6, 6.07) is 5.53. The van der Waals surface area contributed by atoms with Crippen LogP contribution >= 0.6 is 0 Å². The second-order valence-electron chi connectivity index (χ2n) is 6.50. The zero-order valence-electron chi connectivity index (χ0n) is 12.7. The Morgan fingerprint density at radius 3 is 2.95 bits per heavy atom. The molecule has 1 saturated carbocycles. The monoisotopic (exact) mass is 276 g/mol. The van der Waals surface area contributed by atoms with Crippen LogP contribution in [-0.2, 0) is 6.54 Å². The zero-order valence-corrected chi connectivity index (χ0v) is 12.7. The van der Waals surface area contributed by atoms with E-state index in [0.29, 0.717) is 6.04 Å². The van der Waals surface area contributed by atoms with Gasteiger partial charge in [0.05, 0.1) is 12.8 Å². The fourth-order valence-corrected chi connectivity index (χ4v) is 3.96. The van der Waals surface area contributed by atoms with Crippen molar-refractivity contribution in [2.75, 3.05) is 13.1 Å². The highest BCUT2D eigenvalue weighted by atomic mass is 16.3. The quantitative estimate of drug-likeness (QED) is 0.893. The molecule has 1 aliphatic carbocycles. The lowest BCUT2D eigenvalue weighted by Crippen LogP contribution is -2.52. The van der Waals surface area contributed by atoms with Crippen molar-refractivity contribution in [1.29, 1.82) is 0 Å². The number of rotatable bonds is 5. The van der Waals surface area contributed by atoms with Gasteiger partial charge in [0.2, 0.25) is 0 Å². The van der Waals surface area contributed by atoms with Gasteiger partial charge in [0, 0.05) is 18.6 Å². The van der Waals surface area contributed by atoms with Crippen LogP contribution in [0.1, 0.15) is 51.2 Å². The maximum Gasteiger partial charge on any atom is 0.117 e. The first kappa shape index (κ1) is 14.2. The number of likely N-dealkylation sites (N-methyl/N-ethyl adjacent to an activating group) is 1. The molecule has 1 aromatic rings. The molecule has 112 valence electrons. The molecule has 1 saturated heterocycles. The van der Waals surface area contributed by atoms with E-state index >= 15 is 0 Å². The largest absolute Gasteiger partial charge is 0.468 e. The molecule has 3 heteroatoms. The topological polar surface area (TPSA) is 28.4 Å². The molecule has 0 aromatic carbocycles. The summed E-state index contributed by atoms with van der Waals surface area (Å²) in [5.41, 5.74) is 0. The molecule has 0 spiro atoms. The molecule has 2 aliphatic rings. The molecule has 2 fully saturated rings. The van der Waals surface area contributed by atoms with E-state index in [1.165, 1.54) is 38.5 Å². The van der Waals surface area contributed by atoms with Crippen molar-refractivity contribution in [3.05, 3.63) is 24.2 Å². The highest BCUT2D eigenvalue weighted by Crippen LogP contribution is 2.32. The minimum absolute atomic E-state index is 0.671. The van der Waals surface area contributed by atoms with Gasteiger partial charge in [-0.15, -0.1) is 0 Å². The molecule has 2 heterocycles. The van der Waals surface area contributed by atoms with E-state index < -0.39 is 0 Å². The Kier molecular flexibility index (Phi) is 4.79. The van der Waals surface area contributed by atoms with Crippen LogP contribution < -0.4 is 5.32 Å². The Bertz CT molecular complexity index is 390. The van der Waals surface area contributed by atoms with Gasteiger partial charge < -0.3 is 9.73 Å². The maximum absolute atomic E-state index is 5.48. The smallest absolute Gasteiger partial charge is 0.117 e. The summed E-state index contributed by atoms with van der Waals surface area (Å²) in [6.07, 6.45) is 10.3. The Hall–Kier alpha value is -0.800. The lowest BCUT2D eigenvalue weighted by molar-refractivity contribution is 0.140. The minimum atomic E-state index is 0.671. The predicted molar refractivity (Wildman–Crippen MR) is 81.6 cm³/mol. The molecule has 0 radical (unpaired) electrons. The van der Waals surface area contributed by atoms with Crippen molar-refractivity contribution in [2.45, 2.75) is 64.1 Å². The second kappa shape index (κ2) is 6.77. The van der Waals surface area contributed by atoms with Gasteiger partial charge in [0.25, 0.3) is 0 Å². The molecule has 3 nitrogen and oxygen atoms in total. The normalized spacial score (nSPS) is 30.4. The van der Waals surface area contributed by atoms with Crippen LogP contribution in [0.2, 0.25) is 0 Å². The van der Waals surface area contributed by atoms with E-state index in [4.69, 9.17) is 4.42 Å². The number of piperidine rings is 1. The number of nitrogens with zero attached hydrogens (tertiary/aromatic N) is 1. The number of hydrogen-bond donors (Lipinski definition) is 1. The van der Waals surface area contributed by atoms with Crippen molar-refractivity contribution >= 4 is 0 Å². The molecule has 3 atom stereocenters. The number of furan rings is 1. The van der Waals surface area contributed by atoms with Gasteiger partial charge in [-0.1, -0.05) is 19.8 Å². The highest BCUT2D eigenvalue weighted by molar-refractivity contribution is 4.98. The maximum atomic E-state index is 5.48. The standard InChI is InChI=1S/C17H28N2O/c1-2-19(13-16-7-5-11-20-16)12-15-10-9-14-6-3-4-8-17(14)18-15/h5,7,11,14-15,17-18H,2-4,6,8-10,12-13H2,1H3. The molecular weight excluding hydrogens is 248 g/mol. The van der Waals surface area contributed by atoms with E-state index in [2.05, 4.69) is 23.2 Å². The Morgan fingerprint density at radius 2 is 2.15 bits per heavy atom. The summed E-state index contributed by atoms with van der Waals surface area (Å²) in [5.74, 6) is 2.04. The van der Waals surface area contributed by atoms with E-state index in [1.54, 1.807) is 6.26 Å². The van der Waals surface area contributed by atoms with E-state index in [0.717, 1.165) is 37.4 Å². The summed E-state index contributed by atoms with van der Waals surface area (Å²) in [5, 5.41) is 3.93. The fraction of sp³-hybridized carbons (Fsp3) is 0.765. The first-order chi connectivity index (χ1) is 9.85. The van der Waals surface area contributed by atoms with Gasteiger partial charge in [-0.2, -0.15) is 0 Å². The van der Waals surface area contributed by atoms with E-state index in [9.17, 15) is 0 Å². The Labute approximate surface area is 122 Å². The summed E-state index contributed by atoms with van der Waals surface area (Å²) >= 11 is 0. The summed E-state index contributed by atoms with van der Waals surface area (Å²) < 4.78 is 5.48. The van der Waals surface area contributed by atoms with Gasteiger partial charge in [-0.05, 0) is 50.3 Å². The lowest BCUT2D eigenvalue weighted by atomic mass is 9.78. The number of hydrogen-bond acceptors (Lipinski definition) is 3. The molecule has 20 heavy (non-hydrogen) atoms. The van der Waals surface area contributed by atoms with Crippen molar-refractivity contribution in [1.82, 2.24) is 10.2 Å². The molecule has 3 unspecified atom stereocenters. The average Bonchev–Trinajstić information content (AvgIpc) is 2.99. The van der Waals surface area contributed by atoms with E-state index in [-0.39, 0.29) is 0 Å². The lowest BCUT2D eigenvalue weighted by Gasteiger charge is -2.41. The van der Waals surface area contributed by atoms with E-state index in [1.807, 2.05) is 6.07 Å². The molecule has 1 aromatic heterocycles. The van der Waals surface area contributed by atoms with Crippen LogP contribution in [0.4, 0.5) is 0 Å². The van der Waals surface area contributed by atoms with Crippen molar-refractivity contribution < 1.29 is 4.42 Å². The van der Waals surface area contributed by atoms with Crippen molar-refractivity contribution in [3.63, 3.8) is 0 Å². The first-order valence-electron chi connectivity index (χ1n) is 8.36. The summed E-state index contributed by atoms with van der Waals surface area (Å²) in [7, 11) is 0. The fourth-order valence-electron chi connectivity index (χ4n) is 3.96. The molecule has 0 amide bonds. The number of fused-ring (bicyclic) bond motifs is 1. The van der Waals surface area contributed by atoms with Crippen LogP contribution in [0.3, 0.4) is 0 Å². The summed E-state index contributed by atoms with van der Waals surface area (Å²) in [4.78, 5) is 2.50. The van der Waals surface area contributed by atoms with Crippen LogP contribution in [0.15, 0.2) is 22.8 Å². The van der Waals surface area contributed by atoms with Gasteiger partial charge in [0.15, 0.2) is 0 Å². The highest BCUT2D eigenvalue weighted by Gasteiger charge is 2.32. The van der Waals surface area contributed by atoms with Crippen molar-refractivity contribution in [3.8, 4) is 0 Å². The molecule has 1 aliphatic heterocycles. The van der Waals surface area contributed by atoms with Gasteiger partial charge in [-0.3, -0.25) is 4.90 Å². The molecular formula is C17H28N2O. The Balaban J connectivity index is 1.51. The third kappa shape index (κ3) is 3.44. The Morgan fingerprint density at radius 1 is 1.25 bits per heavy atom. The van der Waals surface area contributed by atoms with Gasteiger partial charge >= 0.3 is 0 Å². The third-order valence-corrected chi connectivity index (χ3v) is 5.13. The first-order valence-corrected chi connectivity index (χ1v) is 8.36. The van der Waals surface area contributed by atoms with Gasteiger partial charge in [0.1, 0.15) is 5.76 Å². The molecule has 3 rings (SSSR count). The third-order valence-electron chi connectivity index (χ3n) is 5.13. The van der Waals surface area contributed by atoms with Crippen LogP contribution in [0.25, 0.3) is 0 Å². The zero-order chi connectivity index (χ0) is 13.8. The minimum Gasteiger partial charge on any atom is -0.468 e. The SMILES string of the molecule is CCN(Cc1ccco1)CC1CCC2CCCCC2N1. The van der Waals surface area contributed by atoms with Crippen LogP contribution in [-0.4, -0.2) is 30.1 Å². The van der Waals surface area contributed by atoms with Crippen molar-refractivity contribution in [2.24, 2.45) is 5.92 Å². The number of nitrogens with one attached hydrogen (secondary N) is 1. The predicted octanol–water partition coefficient (Wildman–Crippen LogP) is 3.41. The van der Waals surface area contributed by atoms with Gasteiger partial charge in [-0.25, -0.2) is 0 Å². The van der Waals surface area contributed by atoms with Crippen LogP contribution in [0.5, 0.6) is 0 Å². The van der Waals surface area contributed by atoms with Crippen LogP contribution in [0, 0.1) is 5.92 Å². The second-order valence-corrected chi connectivity index (χ2v) is 6.50.